The van der Waals surface area contributed by atoms with Gasteiger partial charge in [0.2, 0.25) is 5.78 Å². The number of pyridine rings is 1. The van der Waals surface area contributed by atoms with Crippen molar-refractivity contribution in [2.24, 2.45) is 0 Å². The number of rotatable bonds is 4. The van der Waals surface area contributed by atoms with Gasteiger partial charge in [0.1, 0.15) is 0 Å². The highest BCUT2D eigenvalue weighted by molar-refractivity contribution is 9.10. The average molecular weight is 294 g/mol. The van der Waals surface area contributed by atoms with Gasteiger partial charge in [-0.2, -0.15) is 0 Å². The summed E-state index contributed by atoms with van der Waals surface area (Å²) in [6.07, 6.45) is 3.02. The van der Waals surface area contributed by atoms with E-state index in [0.717, 1.165) is 12.1 Å². The fourth-order valence-electron chi connectivity index (χ4n) is 1.48. The van der Waals surface area contributed by atoms with Gasteiger partial charge in [0.25, 0.3) is 0 Å². The lowest BCUT2D eigenvalue weighted by molar-refractivity contribution is 0.0964. The van der Waals surface area contributed by atoms with E-state index >= 15 is 0 Å². The van der Waals surface area contributed by atoms with Crippen molar-refractivity contribution in [1.82, 2.24) is 4.98 Å². The van der Waals surface area contributed by atoms with Gasteiger partial charge in [0.15, 0.2) is 10.4 Å². The van der Waals surface area contributed by atoms with Gasteiger partial charge in [0, 0.05) is 11.9 Å². The van der Waals surface area contributed by atoms with Crippen LogP contribution in [0.5, 0.6) is 0 Å². The van der Waals surface area contributed by atoms with Crippen LogP contribution in [0.15, 0.2) is 39.5 Å². The maximum atomic E-state index is 11.8. The second-order valence-corrected chi connectivity index (χ2v) is 4.50. The third kappa shape index (κ3) is 3.03. The SMILES string of the molecule is CCc1ccc(CC(=O)c2ccc(Br)o2)nc1. The van der Waals surface area contributed by atoms with Crippen LogP contribution < -0.4 is 0 Å². The van der Waals surface area contributed by atoms with E-state index in [0.29, 0.717) is 10.4 Å². The molecule has 0 saturated carbocycles. The monoisotopic (exact) mass is 293 g/mol. The van der Waals surface area contributed by atoms with Gasteiger partial charge >= 0.3 is 0 Å². The number of ketones is 1. The van der Waals surface area contributed by atoms with Crippen molar-refractivity contribution >= 4 is 21.7 Å². The molecule has 2 heterocycles. The highest BCUT2D eigenvalue weighted by Crippen LogP contribution is 2.15. The van der Waals surface area contributed by atoms with E-state index in [-0.39, 0.29) is 12.2 Å². The van der Waals surface area contributed by atoms with Crippen LogP contribution in [0.1, 0.15) is 28.7 Å². The molecule has 2 rings (SSSR count). The zero-order valence-electron chi connectivity index (χ0n) is 9.44. The third-order valence-corrected chi connectivity index (χ3v) is 2.91. The summed E-state index contributed by atoms with van der Waals surface area (Å²) in [5.74, 6) is 0.297. The molecule has 2 aromatic heterocycles. The summed E-state index contributed by atoms with van der Waals surface area (Å²) in [6, 6.07) is 7.25. The standard InChI is InChI=1S/C13H12BrNO2/c1-2-9-3-4-10(15-8-9)7-11(16)12-5-6-13(14)17-12/h3-6,8H,2,7H2,1H3. The van der Waals surface area contributed by atoms with Gasteiger partial charge in [-0.15, -0.1) is 0 Å². The summed E-state index contributed by atoms with van der Waals surface area (Å²) in [5.41, 5.74) is 1.93. The minimum atomic E-state index is -0.0625. The van der Waals surface area contributed by atoms with Gasteiger partial charge in [0.05, 0.1) is 6.42 Å². The predicted molar refractivity (Wildman–Crippen MR) is 68.1 cm³/mol. The molecular formula is C13H12BrNO2. The smallest absolute Gasteiger partial charge is 0.203 e. The first kappa shape index (κ1) is 12.0. The highest BCUT2D eigenvalue weighted by Gasteiger charge is 2.11. The van der Waals surface area contributed by atoms with Crippen LogP contribution >= 0.6 is 15.9 Å². The Hall–Kier alpha value is -1.42. The summed E-state index contributed by atoms with van der Waals surface area (Å²) in [5, 5.41) is 0. The first-order valence-electron chi connectivity index (χ1n) is 5.41. The van der Waals surface area contributed by atoms with Gasteiger partial charge in [-0.3, -0.25) is 9.78 Å². The van der Waals surface area contributed by atoms with E-state index in [2.05, 4.69) is 27.8 Å². The Labute approximate surface area is 108 Å². The number of hydrogen-bond acceptors (Lipinski definition) is 3. The zero-order chi connectivity index (χ0) is 12.3. The predicted octanol–water partition coefficient (Wildman–Crippen LogP) is 3.42. The van der Waals surface area contributed by atoms with Crippen molar-refractivity contribution in [3.63, 3.8) is 0 Å². The number of aryl methyl sites for hydroxylation is 1. The molecule has 3 nitrogen and oxygen atoms in total. The molecule has 0 atom stereocenters. The van der Waals surface area contributed by atoms with E-state index < -0.39 is 0 Å². The number of nitrogens with zero attached hydrogens (tertiary/aromatic N) is 1. The second-order valence-electron chi connectivity index (χ2n) is 3.72. The Bertz CT molecular complexity index is 516. The maximum Gasteiger partial charge on any atom is 0.203 e. The normalized spacial score (nSPS) is 10.5. The van der Waals surface area contributed by atoms with Crippen LogP contribution in [0.2, 0.25) is 0 Å². The molecule has 2 aromatic rings. The molecule has 0 bridgehead atoms. The summed E-state index contributed by atoms with van der Waals surface area (Å²) in [6.45, 7) is 2.07. The Morgan fingerprint density at radius 1 is 1.35 bits per heavy atom. The first-order valence-corrected chi connectivity index (χ1v) is 6.20. The van der Waals surface area contributed by atoms with Gasteiger partial charge in [-0.25, -0.2) is 0 Å². The molecule has 0 aliphatic heterocycles. The first-order chi connectivity index (χ1) is 8.19. The largest absolute Gasteiger partial charge is 0.446 e. The van der Waals surface area contributed by atoms with Crippen LogP contribution in [0.3, 0.4) is 0 Å². The van der Waals surface area contributed by atoms with Gasteiger partial charge in [-0.1, -0.05) is 13.0 Å². The van der Waals surface area contributed by atoms with Gasteiger partial charge < -0.3 is 4.42 Å². The molecule has 0 radical (unpaired) electrons. The second kappa shape index (κ2) is 5.27. The van der Waals surface area contributed by atoms with E-state index in [1.807, 2.05) is 12.1 Å². The van der Waals surface area contributed by atoms with E-state index in [1.165, 1.54) is 5.56 Å². The summed E-state index contributed by atoms with van der Waals surface area (Å²) in [7, 11) is 0. The average Bonchev–Trinajstić information content (AvgIpc) is 2.77. The lowest BCUT2D eigenvalue weighted by Crippen LogP contribution is -2.04. The van der Waals surface area contributed by atoms with E-state index in [9.17, 15) is 4.79 Å². The van der Waals surface area contributed by atoms with E-state index in [1.54, 1.807) is 18.3 Å². The minimum Gasteiger partial charge on any atom is -0.446 e. The summed E-state index contributed by atoms with van der Waals surface area (Å²) < 4.78 is 5.77. The van der Waals surface area contributed by atoms with Crippen molar-refractivity contribution < 1.29 is 9.21 Å². The highest BCUT2D eigenvalue weighted by atomic mass is 79.9. The molecule has 0 aliphatic carbocycles. The van der Waals surface area contributed by atoms with Crippen molar-refractivity contribution in [1.29, 1.82) is 0 Å². The molecule has 0 saturated heterocycles. The number of Topliss-reactive ketones (excluding diaryl/α,β-unsaturated/α-hetero) is 1. The summed E-state index contributed by atoms with van der Waals surface area (Å²) >= 11 is 3.17. The number of furan rings is 1. The molecule has 17 heavy (non-hydrogen) atoms. The lowest BCUT2D eigenvalue weighted by atomic mass is 10.1. The number of aromatic nitrogens is 1. The minimum absolute atomic E-state index is 0.0625. The van der Waals surface area contributed by atoms with Crippen LogP contribution in [0.25, 0.3) is 0 Å². The third-order valence-electron chi connectivity index (χ3n) is 2.48. The van der Waals surface area contributed by atoms with Crippen LogP contribution in [0.4, 0.5) is 0 Å². The molecule has 0 amide bonds. The molecule has 0 aliphatic rings. The lowest BCUT2D eigenvalue weighted by Gasteiger charge is -2.00. The Morgan fingerprint density at radius 2 is 2.18 bits per heavy atom. The number of hydrogen-bond donors (Lipinski definition) is 0. The molecule has 0 fully saturated rings. The number of halogens is 1. The summed E-state index contributed by atoms with van der Waals surface area (Å²) in [4.78, 5) is 16.1. The molecular weight excluding hydrogens is 282 g/mol. The molecule has 0 spiro atoms. The quantitative estimate of drug-likeness (QED) is 0.811. The van der Waals surface area contributed by atoms with Crippen LogP contribution in [-0.4, -0.2) is 10.8 Å². The number of carbonyl (C=O) groups excluding carboxylic acids is 1. The molecule has 4 heteroatoms. The zero-order valence-corrected chi connectivity index (χ0v) is 11.0. The topological polar surface area (TPSA) is 43.1 Å². The molecule has 88 valence electrons. The van der Waals surface area contributed by atoms with Crippen molar-refractivity contribution in [2.45, 2.75) is 19.8 Å². The molecule has 0 unspecified atom stereocenters. The maximum absolute atomic E-state index is 11.8. The fourth-order valence-corrected chi connectivity index (χ4v) is 1.79. The van der Waals surface area contributed by atoms with Crippen LogP contribution in [-0.2, 0) is 12.8 Å². The number of carbonyl (C=O) groups is 1. The van der Waals surface area contributed by atoms with Crippen molar-refractivity contribution in [2.75, 3.05) is 0 Å². The Kier molecular flexibility index (Phi) is 3.74. The molecule has 0 N–H and O–H groups in total. The van der Waals surface area contributed by atoms with Gasteiger partial charge in [-0.05, 0) is 46.1 Å². The van der Waals surface area contributed by atoms with Crippen molar-refractivity contribution in [3.05, 3.63) is 52.1 Å². The fraction of sp³-hybridized carbons (Fsp3) is 0.231. The van der Waals surface area contributed by atoms with E-state index in [4.69, 9.17) is 4.42 Å². The van der Waals surface area contributed by atoms with Crippen LogP contribution in [0, 0.1) is 0 Å². The Morgan fingerprint density at radius 3 is 2.71 bits per heavy atom. The molecule has 0 aromatic carbocycles. The Balaban J connectivity index is 2.07. The van der Waals surface area contributed by atoms with Crippen molar-refractivity contribution in [3.8, 4) is 0 Å².